The quantitative estimate of drug-likeness (QED) is 0.402. The van der Waals surface area contributed by atoms with Crippen LogP contribution in [0.4, 0.5) is 4.39 Å². The van der Waals surface area contributed by atoms with Crippen molar-refractivity contribution in [2.75, 3.05) is 19.7 Å². The van der Waals surface area contributed by atoms with E-state index in [-0.39, 0.29) is 11.3 Å². The van der Waals surface area contributed by atoms with Crippen LogP contribution >= 0.6 is 0 Å². The summed E-state index contributed by atoms with van der Waals surface area (Å²) in [5.74, 6) is -1.62. The molecular formula is C26H30FNO5S. The van der Waals surface area contributed by atoms with E-state index in [0.717, 1.165) is 37.5 Å². The summed E-state index contributed by atoms with van der Waals surface area (Å²) < 4.78 is 46.5. The zero-order valence-electron chi connectivity index (χ0n) is 19.2. The summed E-state index contributed by atoms with van der Waals surface area (Å²) in [5.41, 5.74) is 1.55. The molecule has 1 saturated heterocycles. The molecule has 0 unspecified atom stereocenters. The molecule has 0 aromatic heterocycles. The Morgan fingerprint density at radius 3 is 2.18 bits per heavy atom. The molecule has 0 atom stereocenters. The van der Waals surface area contributed by atoms with Crippen LogP contribution in [0.15, 0.2) is 47.4 Å². The Kier molecular flexibility index (Phi) is 7.78. The first kappa shape index (κ1) is 24.5. The molecule has 2 aliphatic rings. The molecule has 2 fully saturated rings. The number of hydrogen-bond acceptors (Lipinski definition) is 5. The Morgan fingerprint density at radius 2 is 1.50 bits per heavy atom. The van der Waals surface area contributed by atoms with E-state index in [1.165, 1.54) is 29.1 Å². The average Bonchev–Trinajstić information content (AvgIpc) is 2.88. The van der Waals surface area contributed by atoms with Crippen LogP contribution in [0.2, 0.25) is 0 Å². The number of piperidine rings is 1. The molecule has 0 bridgehead atoms. The van der Waals surface area contributed by atoms with Gasteiger partial charge < -0.3 is 4.74 Å². The van der Waals surface area contributed by atoms with Gasteiger partial charge in [0.2, 0.25) is 10.0 Å². The van der Waals surface area contributed by atoms with Crippen molar-refractivity contribution in [2.24, 2.45) is 0 Å². The van der Waals surface area contributed by atoms with E-state index in [0.29, 0.717) is 37.4 Å². The number of ketones is 1. The number of halogens is 1. The highest BCUT2D eigenvalue weighted by atomic mass is 32.2. The van der Waals surface area contributed by atoms with Crippen LogP contribution in [0, 0.1) is 5.82 Å². The number of rotatable bonds is 7. The van der Waals surface area contributed by atoms with Crippen LogP contribution in [0.5, 0.6) is 0 Å². The second-order valence-corrected chi connectivity index (χ2v) is 11.0. The van der Waals surface area contributed by atoms with Gasteiger partial charge in [-0.3, -0.25) is 4.79 Å². The number of carbonyl (C=O) groups is 2. The molecule has 2 aromatic carbocycles. The van der Waals surface area contributed by atoms with Gasteiger partial charge in [-0.05, 0) is 55.4 Å². The number of Topliss-reactive ketones (excluding diaryl/α,β-unsaturated/α-hetero) is 1. The highest BCUT2D eigenvalue weighted by Gasteiger charge is 2.29. The van der Waals surface area contributed by atoms with E-state index < -0.39 is 33.3 Å². The molecule has 1 aliphatic carbocycles. The van der Waals surface area contributed by atoms with Gasteiger partial charge in [0, 0.05) is 18.7 Å². The highest BCUT2D eigenvalue weighted by molar-refractivity contribution is 7.89. The van der Waals surface area contributed by atoms with Crippen LogP contribution in [-0.2, 0) is 14.8 Å². The second kappa shape index (κ2) is 10.8. The Balaban J connectivity index is 1.40. The summed E-state index contributed by atoms with van der Waals surface area (Å²) in [6, 6.07) is 10.5. The molecule has 0 spiro atoms. The van der Waals surface area contributed by atoms with Gasteiger partial charge in [-0.15, -0.1) is 0 Å². The summed E-state index contributed by atoms with van der Waals surface area (Å²) in [6.07, 6.45) is 8.42. The Labute approximate surface area is 200 Å². The fraction of sp³-hybridized carbons (Fsp3) is 0.462. The molecule has 0 amide bonds. The lowest BCUT2D eigenvalue weighted by Gasteiger charge is -2.26. The van der Waals surface area contributed by atoms with Crippen molar-refractivity contribution in [1.82, 2.24) is 4.31 Å². The molecule has 8 heteroatoms. The molecule has 0 N–H and O–H groups in total. The molecular weight excluding hydrogens is 457 g/mol. The third kappa shape index (κ3) is 5.55. The van der Waals surface area contributed by atoms with E-state index in [1.54, 1.807) is 12.1 Å². The summed E-state index contributed by atoms with van der Waals surface area (Å²) in [6.45, 7) is 0.169. The van der Waals surface area contributed by atoms with Gasteiger partial charge in [0.15, 0.2) is 12.4 Å². The molecule has 1 saturated carbocycles. The molecule has 0 radical (unpaired) electrons. The van der Waals surface area contributed by atoms with Crippen molar-refractivity contribution in [2.45, 2.75) is 62.2 Å². The molecule has 4 rings (SSSR count). The molecule has 6 nitrogen and oxygen atoms in total. The van der Waals surface area contributed by atoms with E-state index in [4.69, 9.17) is 4.74 Å². The van der Waals surface area contributed by atoms with Gasteiger partial charge in [0.1, 0.15) is 10.7 Å². The zero-order valence-corrected chi connectivity index (χ0v) is 20.0. The van der Waals surface area contributed by atoms with Gasteiger partial charge in [0.25, 0.3) is 0 Å². The van der Waals surface area contributed by atoms with Crippen molar-refractivity contribution < 1.29 is 27.1 Å². The molecule has 1 aliphatic heterocycles. The predicted molar refractivity (Wildman–Crippen MR) is 126 cm³/mol. The molecule has 34 heavy (non-hydrogen) atoms. The standard InChI is InChI=1S/C26H30FNO5S/c27-23-14-13-22(17-25(23)34(31,32)28-15-5-2-6-16-28)26(30)33-18-24(29)21-11-9-20(10-12-21)19-7-3-1-4-8-19/h9-14,17,19H,1-8,15-16,18H2. The number of nitrogens with zero attached hydrogens (tertiary/aromatic N) is 1. The van der Waals surface area contributed by atoms with E-state index in [2.05, 4.69) is 0 Å². The monoisotopic (exact) mass is 487 g/mol. The zero-order chi connectivity index (χ0) is 24.1. The molecule has 1 heterocycles. The third-order valence-corrected chi connectivity index (χ3v) is 8.66. The maximum Gasteiger partial charge on any atom is 0.338 e. The number of ether oxygens (including phenoxy) is 1. The van der Waals surface area contributed by atoms with Crippen LogP contribution < -0.4 is 0 Å². The van der Waals surface area contributed by atoms with Crippen molar-refractivity contribution in [3.05, 3.63) is 65.0 Å². The van der Waals surface area contributed by atoms with Crippen LogP contribution in [0.3, 0.4) is 0 Å². The molecule has 182 valence electrons. The number of esters is 1. The predicted octanol–water partition coefficient (Wildman–Crippen LogP) is 5.09. The lowest BCUT2D eigenvalue weighted by molar-refractivity contribution is 0.0474. The van der Waals surface area contributed by atoms with E-state index in [9.17, 15) is 22.4 Å². The van der Waals surface area contributed by atoms with E-state index in [1.807, 2.05) is 12.1 Å². The van der Waals surface area contributed by atoms with Gasteiger partial charge >= 0.3 is 5.97 Å². The van der Waals surface area contributed by atoms with Crippen molar-refractivity contribution >= 4 is 21.8 Å². The minimum Gasteiger partial charge on any atom is -0.454 e. The Hall–Kier alpha value is -2.58. The van der Waals surface area contributed by atoms with Crippen molar-refractivity contribution in [1.29, 1.82) is 0 Å². The number of benzene rings is 2. The highest BCUT2D eigenvalue weighted by Crippen LogP contribution is 2.32. The number of hydrogen-bond donors (Lipinski definition) is 0. The summed E-state index contributed by atoms with van der Waals surface area (Å²) in [4.78, 5) is 24.5. The first-order valence-electron chi connectivity index (χ1n) is 12.0. The van der Waals surface area contributed by atoms with Crippen LogP contribution in [-0.4, -0.2) is 44.2 Å². The maximum absolute atomic E-state index is 14.4. The lowest BCUT2D eigenvalue weighted by atomic mass is 9.84. The SMILES string of the molecule is O=C(COC(=O)c1ccc(F)c(S(=O)(=O)N2CCCCC2)c1)c1ccc(C2CCCCC2)cc1. The number of sulfonamides is 1. The summed E-state index contributed by atoms with van der Waals surface area (Å²) >= 11 is 0. The van der Waals surface area contributed by atoms with Gasteiger partial charge in [-0.25, -0.2) is 17.6 Å². The van der Waals surface area contributed by atoms with Crippen LogP contribution in [0.1, 0.15) is 83.6 Å². The Bertz CT molecular complexity index is 1130. The summed E-state index contributed by atoms with van der Waals surface area (Å²) in [5, 5.41) is 0. The normalized spacial score (nSPS) is 17.9. The topological polar surface area (TPSA) is 80.8 Å². The van der Waals surface area contributed by atoms with E-state index >= 15 is 0 Å². The Morgan fingerprint density at radius 1 is 0.882 bits per heavy atom. The first-order chi connectivity index (χ1) is 16.4. The largest absolute Gasteiger partial charge is 0.454 e. The van der Waals surface area contributed by atoms with Crippen molar-refractivity contribution in [3.8, 4) is 0 Å². The summed E-state index contributed by atoms with van der Waals surface area (Å²) in [7, 11) is -4.05. The van der Waals surface area contributed by atoms with Gasteiger partial charge in [-0.1, -0.05) is 49.9 Å². The smallest absolute Gasteiger partial charge is 0.338 e. The van der Waals surface area contributed by atoms with Gasteiger partial charge in [-0.2, -0.15) is 4.31 Å². The minimum atomic E-state index is -4.05. The average molecular weight is 488 g/mol. The van der Waals surface area contributed by atoms with Crippen LogP contribution in [0.25, 0.3) is 0 Å². The molecule has 2 aromatic rings. The maximum atomic E-state index is 14.4. The van der Waals surface area contributed by atoms with Gasteiger partial charge in [0.05, 0.1) is 5.56 Å². The first-order valence-corrected chi connectivity index (χ1v) is 13.4. The number of carbonyl (C=O) groups excluding carboxylic acids is 2. The lowest BCUT2D eigenvalue weighted by Crippen LogP contribution is -2.36. The fourth-order valence-corrected chi connectivity index (χ4v) is 6.35. The third-order valence-electron chi connectivity index (χ3n) is 6.74. The fourth-order valence-electron chi connectivity index (χ4n) is 4.75. The second-order valence-electron chi connectivity index (χ2n) is 9.07. The minimum absolute atomic E-state index is 0.113. The van der Waals surface area contributed by atoms with Crippen molar-refractivity contribution in [3.63, 3.8) is 0 Å².